The van der Waals surface area contributed by atoms with Gasteiger partial charge in [0.05, 0.1) is 0 Å². The van der Waals surface area contributed by atoms with Crippen molar-refractivity contribution in [1.29, 1.82) is 0 Å². The van der Waals surface area contributed by atoms with Gasteiger partial charge in [-0.15, -0.1) is 11.3 Å². The molecule has 1 unspecified atom stereocenters. The van der Waals surface area contributed by atoms with E-state index in [0.29, 0.717) is 6.42 Å². The molecule has 0 saturated heterocycles. The highest BCUT2D eigenvalue weighted by Gasteiger charge is 2.02. The second-order valence-electron chi connectivity index (χ2n) is 3.17. The van der Waals surface area contributed by atoms with Crippen LogP contribution >= 0.6 is 11.3 Å². The summed E-state index contributed by atoms with van der Waals surface area (Å²) in [7, 11) is 0. The van der Waals surface area contributed by atoms with Gasteiger partial charge in [-0.3, -0.25) is 0 Å². The number of nitrogens with two attached hydrogens (primary N) is 1. The summed E-state index contributed by atoms with van der Waals surface area (Å²) < 4.78 is 8.14. The minimum atomic E-state index is -0.632. The maximum Gasteiger partial charge on any atom is 0.0393 e. The third-order valence-electron chi connectivity index (χ3n) is 2.07. The zero-order valence-corrected chi connectivity index (χ0v) is 8.63. The minimum Gasteiger partial charge on any atom is -0.399 e. The molecule has 72 valence electrons. The SMILES string of the molecule is [2H]C1(C=Cc2cccs2)C=CC(N)=CC1. The van der Waals surface area contributed by atoms with Gasteiger partial charge in [0.15, 0.2) is 0 Å². The Balaban J connectivity index is 2.10. The first-order valence-corrected chi connectivity index (χ1v) is 5.44. The Kier molecular flexibility index (Phi) is 2.47. The second kappa shape index (κ2) is 4.29. The third kappa shape index (κ3) is 2.36. The van der Waals surface area contributed by atoms with Crippen LogP contribution in [0.15, 0.2) is 47.5 Å². The number of thiophene rings is 1. The second-order valence-corrected chi connectivity index (χ2v) is 4.14. The topological polar surface area (TPSA) is 26.0 Å². The predicted molar refractivity (Wildman–Crippen MR) is 62.9 cm³/mol. The standard InChI is InChI=1S/C12H13NS/c13-11-6-3-10(4-7-11)5-8-12-2-1-9-14-12/h1-3,5-10H,4,13H2/i10D. The lowest BCUT2D eigenvalue weighted by Crippen LogP contribution is -2.01. The van der Waals surface area contributed by atoms with Crippen molar-refractivity contribution in [2.75, 3.05) is 0 Å². The number of hydrogen-bond acceptors (Lipinski definition) is 2. The van der Waals surface area contributed by atoms with E-state index in [0.717, 1.165) is 5.70 Å². The molecule has 0 aromatic carbocycles. The van der Waals surface area contributed by atoms with Gasteiger partial charge in [0.1, 0.15) is 0 Å². The molecule has 14 heavy (non-hydrogen) atoms. The summed E-state index contributed by atoms with van der Waals surface area (Å²) in [6.45, 7) is 0. The molecule has 2 heteroatoms. The number of hydrogen-bond donors (Lipinski definition) is 1. The molecule has 0 radical (unpaired) electrons. The Hall–Kier alpha value is -1.28. The van der Waals surface area contributed by atoms with Gasteiger partial charge in [0, 0.05) is 11.9 Å². The highest BCUT2D eigenvalue weighted by atomic mass is 32.1. The molecular weight excluding hydrogens is 190 g/mol. The van der Waals surface area contributed by atoms with Gasteiger partial charge in [-0.25, -0.2) is 0 Å². The van der Waals surface area contributed by atoms with Crippen LogP contribution < -0.4 is 5.73 Å². The highest BCUT2D eigenvalue weighted by molar-refractivity contribution is 7.10. The summed E-state index contributed by atoms with van der Waals surface area (Å²) in [5.41, 5.74) is 6.37. The predicted octanol–water partition coefficient (Wildman–Crippen LogP) is 3.18. The molecule has 0 bridgehead atoms. The van der Waals surface area contributed by atoms with Crippen LogP contribution in [0.1, 0.15) is 12.7 Å². The van der Waals surface area contributed by atoms with Gasteiger partial charge in [-0.05, 0) is 35.9 Å². The Morgan fingerprint density at radius 3 is 3.21 bits per heavy atom. The maximum atomic E-state index is 8.14. The fourth-order valence-electron chi connectivity index (χ4n) is 1.27. The average molecular weight is 204 g/mol. The van der Waals surface area contributed by atoms with E-state index >= 15 is 0 Å². The molecule has 1 heterocycles. The van der Waals surface area contributed by atoms with Crippen LogP contribution in [-0.2, 0) is 0 Å². The van der Waals surface area contributed by atoms with Gasteiger partial charge in [-0.2, -0.15) is 0 Å². The zero-order valence-electron chi connectivity index (χ0n) is 8.81. The molecular formula is C12H13NS. The first kappa shape index (κ1) is 8.06. The largest absolute Gasteiger partial charge is 0.399 e. The Morgan fingerprint density at radius 1 is 1.64 bits per heavy atom. The molecule has 0 amide bonds. The van der Waals surface area contributed by atoms with E-state index in [1.807, 2.05) is 41.8 Å². The highest BCUT2D eigenvalue weighted by Crippen LogP contribution is 2.18. The van der Waals surface area contributed by atoms with Crippen LogP contribution in [0.3, 0.4) is 0 Å². The maximum absolute atomic E-state index is 8.14. The molecule has 2 rings (SSSR count). The smallest absolute Gasteiger partial charge is 0.0393 e. The molecule has 1 aromatic rings. The first-order valence-electron chi connectivity index (χ1n) is 5.06. The lowest BCUT2D eigenvalue weighted by Gasteiger charge is -2.09. The Bertz CT molecular complexity index is 417. The van der Waals surface area contributed by atoms with Crippen molar-refractivity contribution >= 4 is 17.4 Å². The molecule has 0 aliphatic heterocycles. The normalized spacial score (nSPS) is 27.7. The monoisotopic (exact) mass is 204 g/mol. The van der Waals surface area contributed by atoms with E-state index in [1.165, 1.54) is 4.88 Å². The lowest BCUT2D eigenvalue weighted by atomic mass is 9.99. The summed E-state index contributed by atoms with van der Waals surface area (Å²) in [5, 5.41) is 2.03. The Labute approximate surface area is 89.7 Å². The molecule has 1 aliphatic rings. The quantitative estimate of drug-likeness (QED) is 0.786. The number of rotatable bonds is 2. The van der Waals surface area contributed by atoms with Crippen LogP contribution in [0.4, 0.5) is 0 Å². The van der Waals surface area contributed by atoms with Gasteiger partial charge >= 0.3 is 0 Å². The third-order valence-corrected chi connectivity index (χ3v) is 2.91. The van der Waals surface area contributed by atoms with Gasteiger partial charge in [0.2, 0.25) is 0 Å². The summed E-state index contributed by atoms with van der Waals surface area (Å²) in [6, 6.07) is 4.05. The molecule has 0 fully saturated rings. The van der Waals surface area contributed by atoms with Crippen molar-refractivity contribution in [2.45, 2.75) is 6.42 Å². The summed E-state index contributed by atoms with van der Waals surface area (Å²) in [5.74, 6) is -0.632. The molecule has 0 spiro atoms. The van der Waals surface area contributed by atoms with E-state index in [1.54, 1.807) is 17.4 Å². The minimum absolute atomic E-state index is 0.632. The van der Waals surface area contributed by atoms with Crippen molar-refractivity contribution in [3.63, 3.8) is 0 Å². The van der Waals surface area contributed by atoms with Crippen molar-refractivity contribution in [3.05, 3.63) is 52.4 Å². The fourth-order valence-corrected chi connectivity index (χ4v) is 1.89. The average Bonchev–Trinajstić information content (AvgIpc) is 2.73. The van der Waals surface area contributed by atoms with Gasteiger partial charge in [-0.1, -0.05) is 24.3 Å². The van der Waals surface area contributed by atoms with E-state index in [-0.39, 0.29) is 0 Å². The summed E-state index contributed by atoms with van der Waals surface area (Å²) in [4.78, 5) is 1.18. The van der Waals surface area contributed by atoms with E-state index < -0.39 is 5.89 Å². The van der Waals surface area contributed by atoms with Crippen LogP contribution in [0, 0.1) is 5.89 Å². The number of allylic oxidation sites excluding steroid dienone is 4. The zero-order chi connectivity index (χ0) is 10.7. The van der Waals surface area contributed by atoms with Crippen molar-refractivity contribution < 1.29 is 1.37 Å². The molecule has 2 N–H and O–H groups in total. The molecule has 1 atom stereocenters. The van der Waals surface area contributed by atoms with E-state index in [9.17, 15) is 0 Å². The molecule has 1 aliphatic carbocycles. The molecule has 0 saturated carbocycles. The first-order chi connectivity index (χ1) is 7.18. The van der Waals surface area contributed by atoms with Gasteiger partial charge in [0.25, 0.3) is 0 Å². The van der Waals surface area contributed by atoms with E-state index in [4.69, 9.17) is 7.10 Å². The summed E-state index contributed by atoms with van der Waals surface area (Å²) >= 11 is 1.68. The van der Waals surface area contributed by atoms with Crippen molar-refractivity contribution in [2.24, 2.45) is 11.6 Å². The Morgan fingerprint density at radius 2 is 2.57 bits per heavy atom. The van der Waals surface area contributed by atoms with Crippen LogP contribution in [0.2, 0.25) is 0 Å². The molecule has 1 nitrogen and oxygen atoms in total. The van der Waals surface area contributed by atoms with Crippen LogP contribution in [-0.4, -0.2) is 0 Å². The van der Waals surface area contributed by atoms with Crippen molar-refractivity contribution in [3.8, 4) is 0 Å². The van der Waals surface area contributed by atoms with Gasteiger partial charge < -0.3 is 5.73 Å². The van der Waals surface area contributed by atoms with E-state index in [2.05, 4.69) is 0 Å². The lowest BCUT2D eigenvalue weighted by molar-refractivity contribution is 0.816. The van der Waals surface area contributed by atoms with Crippen LogP contribution in [0.5, 0.6) is 0 Å². The van der Waals surface area contributed by atoms with Crippen molar-refractivity contribution in [1.82, 2.24) is 0 Å². The summed E-state index contributed by atoms with van der Waals surface area (Å²) in [6.07, 6.45) is 10.1. The van der Waals surface area contributed by atoms with Crippen LogP contribution in [0.25, 0.3) is 6.08 Å². The fraction of sp³-hybridized carbons (Fsp3) is 0.167. The molecule has 1 aromatic heterocycles.